The standard InChI is InChI=1S/C17H16N2O/c1-12-10-17(18-11-12)19-13-6-2-4-8-15(13)20-16-9-5-3-7-14(16)19/h2-9,12H,10-11H2,1H3. The third kappa shape index (κ3) is 1.70. The predicted octanol–water partition coefficient (Wildman–Crippen LogP) is 4.37. The van der Waals surface area contributed by atoms with E-state index in [1.807, 2.05) is 36.4 Å². The van der Waals surface area contributed by atoms with Gasteiger partial charge < -0.3 is 4.74 Å². The van der Waals surface area contributed by atoms with Crippen LogP contribution in [-0.2, 0) is 0 Å². The molecule has 0 aromatic heterocycles. The van der Waals surface area contributed by atoms with Crippen LogP contribution in [0.5, 0.6) is 11.5 Å². The van der Waals surface area contributed by atoms with Crippen LogP contribution < -0.4 is 9.64 Å². The highest BCUT2D eigenvalue weighted by molar-refractivity contribution is 6.08. The quantitative estimate of drug-likeness (QED) is 0.706. The Hall–Kier alpha value is -2.29. The number of para-hydroxylation sites is 4. The molecule has 0 saturated carbocycles. The number of hydrogen-bond donors (Lipinski definition) is 0. The second-order valence-electron chi connectivity index (χ2n) is 5.44. The largest absolute Gasteiger partial charge is 0.453 e. The molecular formula is C17H16N2O. The summed E-state index contributed by atoms with van der Waals surface area (Å²) in [5, 5.41) is 0. The first-order valence-electron chi connectivity index (χ1n) is 7.02. The van der Waals surface area contributed by atoms with E-state index in [1.54, 1.807) is 0 Å². The maximum Gasteiger partial charge on any atom is 0.151 e. The summed E-state index contributed by atoms with van der Waals surface area (Å²) in [5.74, 6) is 3.55. The topological polar surface area (TPSA) is 24.8 Å². The molecule has 20 heavy (non-hydrogen) atoms. The molecule has 1 atom stereocenters. The van der Waals surface area contributed by atoms with Crippen molar-refractivity contribution in [1.82, 2.24) is 0 Å². The van der Waals surface area contributed by atoms with Crippen LogP contribution >= 0.6 is 0 Å². The van der Waals surface area contributed by atoms with Crippen LogP contribution in [0.4, 0.5) is 11.4 Å². The number of ether oxygens (including phenoxy) is 1. The number of rotatable bonds is 0. The highest BCUT2D eigenvalue weighted by Gasteiger charge is 2.29. The van der Waals surface area contributed by atoms with Gasteiger partial charge in [0.15, 0.2) is 11.5 Å². The van der Waals surface area contributed by atoms with Crippen LogP contribution in [0.15, 0.2) is 53.5 Å². The zero-order valence-electron chi connectivity index (χ0n) is 11.4. The molecule has 2 aromatic carbocycles. The Morgan fingerprint density at radius 3 is 2.15 bits per heavy atom. The smallest absolute Gasteiger partial charge is 0.151 e. The summed E-state index contributed by atoms with van der Waals surface area (Å²) in [6, 6.07) is 16.3. The Balaban J connectivity index is 1.89. The van der Waals surface area contributed by atoms with Gasteiger partial charge in [-0.1, -0.05) is 31.2 Å². The lowest BCUT2D eigenvalue weighted by Gasteiger charge is -2.32. The summed E-state index contributed by atoms with van der Waals surface area (Å²) in [4.78, 5) is 6.97. The molecule has 0 fully saturated rings. The highest BCUT2D eigenvalue weighted by atomic mass is 16.5. The molecule has 2 aliphatic heterocycles. The molecule has 100 valence electrons. The Morgan fingerprint density at radius 2 is 1.60 bits per heavy atom. The van der Waals surface area contributed by atoms with Gasteiger partial charge in [-0.15, -0.1) is 0 Å². The minimum atomic E-state index is 0.618. The Morgan fingerprint density at radius 1 is 1.00 bits per heavy atom. The minimum absolute atomic E-state index is 0.618. The van der Waals surface area contributed by atoms with Crippen molar-refractivity contribution in [1.29, 1.82) is 0 Å². The molecule has 0 bridgehead atoms. The molecule has 0 saturated heterocycles. The third-order valence-corrected chi connectivity index (χ3v) is 3.81. The van der Waals surface area contributed by atoms with E-state index in [1.165, 1.54) is 0 Å². The molecule has 2 aliphatic rings. The summed E-state index contributed by atoms with van der Waals surface area (Å²) in [6.45, 7) is 3.16. The molecule has 0 radical (unpaired) electrons. The van der Waals surface area contributed by atoms with Gasteiger partial charge in [-0.2, -0.15) is 0 Å². The number of hydrogen-bond acceptors (Lipinski definition) is 3. The van der Waals surface area contributed by atoms with Gasteiger partial charge >= 0.3 is 0 Å². The average molecular weight is 264 g/mol. The average Bonchev–Trinajstić information content (AvgIpc) is 2.91. The first kappa shape index (κ1) is 11.5. The van der Waals surface area contributed by atoms with E-state index < -0.39 is 0 Å². The van der Waals surface area contributed by atoms with E-state index in [2.05, 4.69) is 24.0 Å². The number of amidine groups is 1. The minimum Gasteiger partial charge on any atom is -0.453 e. The normalized spacial score (nSPS) is 19.9. The number of nitrogens with zero attached hydrogens (tertiary/aromatic N) is 2. The molecule has 0 aliphatic carbocycles. The molecule has 4 rings (SSSR count). The molecule has 3 heteroatoms. The van der Waals surface area contributed by atoms with Gasteiger partial charge in [0.2, 0.25) is 0 Å². The lowest BCUT2D eigenvalue weighted by atomic mass is 10.1. The zero-order valence-corrected chi connectivity index (χ0v) is 11.4. The Kier molecular flexibility index (Phi) is 2.52. The monoisotopic (exact) mass is 264 g/mol. The van der Waals surface area contributed by atoms with Crippen molar-refractivity contribution in [2.24, 2.45) is 10.9 Å². The van der Waals surface area contributed by atoms with E-state index in [-0.39, 0.29) is 0 Å². The van der Waals surface area contributed by atoms with Gasteiger partial charge in [0.1, 0.15) is 5.84 Å². The third-order valence-electron chi connectivity index (χ3n) is 3.81. The Labute approximate surface area is 118 Å². The second-order valence-corrected chi connectivity index (χ2v) is 5.44. The summed E-state index contributed by atoms with van der Waals surface area (Å²) in [6.07, 6.45) is 1.02. The predicted molar refractivity (Wildman–Crippen MR) is 81.2 cm³/mol. The van der Waals surface area contributed by atoms with E-state index in [9.17, 15) is 0 Å². The number of aliphatic imine (C=N–C) groups is 1. The molecule has 0 amide bonds. The van der Waals surface area contributed by atoms with Gasteiger partial charge in [-0.3, -0.25) is 9.89 Å². The van der Waals surface area contributed by atoms with Crippen LogP contribution in [0.25, 0.3) is 0 Å². The maximum absolute atomic E-state index is 6.00. The van der Waals surface area contributed by atoms with E-state index in [0.29, 0.717) is 5.92 Å². The van der Waals surface area contributed by atoms with Gasteiger partial charge in [0.05, 0.1) is 11.4 Å². The fourth-order valence-corrected chi connectivity index (χ4v) is 2.85. The SMILES string of the molecule is CC1CN=C(N2c3ccccc3Oc3ccccc32)C1. The molecule has 2 aromatic rings. The number of fused-ring (bicyclic) bond motifs is 2. The second kappa shape index (κ2) is 4.37. The van der Waals surface area contributed by atoms with Gasteiger partial charge in [-0.25, -0.2) is 0 Å². The highest BCUT2D eigenvalue weighted by Crippen LogP contribution is 2.47. The lowest BCUT2D eigenvalue weighted by Crippen LogP contribution is -2.27. The van der Waals surface area contributed by atoms with Crippen molar-refractivity contribution < 1.29 is 4.74 Å². The van der Waals surface area contributed by atoms with E-state index >= 15 is 0 Å². The lowest BCUT2D eigenvalue weighted by molar-refractivity contribution is 0.477. The van der Waals surface area contributed by atoms with Crippen molar-refractivity contribution in [3.8, 4) is 11.5 Å². The molecular weight excluding hydrogens is 248 g/mol. The van der Waals surface area contributed by atoms with E-state index in [4.69, 9.17) is 9.73 Å². The Bertz CT molecular complexity index is 647. The fourth-order valence-electron chi connectivity index (χ4n) is 2.85. The summed E-state index contributed by atoms with van der Waals surface area (Å²) in [7, 11) is 0. The van der Waals surface area contributed by atoms with Crippen molar-refractivity contribution in [3.05, 3.63) is 48.5 Å². The fraction of sp³-hybridized carbons (Fsp3) is 0.235. The van der Waals surface area contributed by atoms with E-state index in [0.717, 1.165) is 41.7 Å². The molecule has 3 nitrogen and oxygen atoms in total. The first-order chi connectivity index (χ1) is 9.83. The van der Waals surface area contributed by atoms with Crippen molar-refractivity contribution >= 4 is 17.2 Å². The van der Waals surface area contributed by atoms with Crippen molar-refractivity contribution in [2.45, 2.75) is 13.3 Å². The molecule has 2 heterocycles. The summed E-state index contributed by atoms with van der Waals surface area (Å²) >= 11 is 0. The van der Waals surface area contributed by atoms with Crippen LogP contribution in [0.2, 0.25) is 0 Å². The maximum atomic E-state index is 6.00. The molecule has 1 unspecified atom stereocenters. The molecule has 0 N–H and O–H groups in total. The van der Waals surface area contributed by atoms with Crippen LogP contribution in [0, 0.1) is 5.92 Å². The zero-order chi connectivity index (χ0) is 13.5. The van der Waals surface area contributed by atoms with Crippen molar-refractivity contribution in [2.75, 3.05) is 11.4 Å². The summed E-state index contributed by atoms with van der Waals surface area (Å²) < 4.78 is 6.00. The molecule has 0 spiro atoms. The van der Waals surface area contributed by atoms with Gasteiger partial charge in [-0.05, 0) is 30.2 Å². The number of anilines is 2. The van der Waals surface area contributed by atoms with Crippen LogP contribution in [0.3, 0.4) is 0 Å². The van der Waals surface area contributed by atoms with Crippen LogP contribution in [0.1, 0.15) is 13.3 Å². The first-order valence-corrected chi connectivity index (χ1v) is 7.02. The van der Waals surface area contributed by atoms with Crippen molar-refractivity contribution in [3.63, 3.8) is 0 Å². The van der Waals surface area contributed by atoms with Gasteiger partial charge in [0.25, 0.3) is 0 Å². The van der Waals surface area contributed by atoms with Crippen LogP contribution in [-0.4, -0.2) is 12.4 Å². The number of benzene rings is 2. The van der Waals surface area contributed by atoms with Gasteiger partial charge in [0, 0.05) is 13.0 Å². The summed E-state index contributed by atoms with van der Waals surface area (Å²) in [5.41, 5.74) is 2.16.